The Balaban J connectivity index is 3.12. The standard InChI is InChI=1S/C14H23NO2/c1-5-13(16)15(14(17)6-2)12-8-10(3)7-11(4)9-12/h7-9,13-14,16-17H,5-6H2,1-4H3. The van der Waals surface area contributed by atoms with Crippen molar-refractivity contribution in [1.82, 2.24) is 0 Å². The molecule has 0 aliphatic rings. The van der Waals surface area contributed by atoms with Crippen molar-refractivity contribution >= 4 is 5.69 Å². The van der Waals surface area contributed by atoms with Crippen LogP contribution in [0, 0.1) is 13.8 Å². The van der Waals surface area contributed by atoms with Crippen molar-refractivity contribution in [2.45, 2.75) is 53.0 Å². The fraction of sp³-hybridized carbons (Fsp3) is 0.571. The molecule has 0 amide bonds. The first-order chi connectivity index (χ1) is 7.99. The van der Waals surface area contributed by atoms with E-state index in [-0.39, 0.29) is 0 Å². The molecular formula is C14H23NO2. The maximum atomic E-state index is 10.0. The van der Waals surface area contributed by atoms with Gasteiger partial charge in [0.25, 0.3) is 0 Å². The van der Waals surface area contributed by atoms with Gasteiger partial charge in [-0.2, -0.15) is 0 Å². The molecule has 2 unspecified atom stereocenters. The minimum absolute atomic E-state index is 0.587. The summed E-state index contributed by atoms with van der Waals surface area (Å²) < 4.78 is 0. The third kappa shape index (κ3) is 3.45. The Morgan fingerprint density at radius 2 is 1.35 bits per heavy atom. The minimum Gasteiger partial charge on any atom is -0.374 e. The zero-order chi connectivity index (χ0) is 13.0. The number of hydrogen-bond acceptors (Lipinski definition) is 3. The summed E-state index contributed by atoms with van der Waals surface area (Å²) in [7, 11) is 0. The fourth-order valence-electron chi connectivity index (χ4n) is 2.04. The van der Waals surface area contributed by atoms with Crippen LogP contribution in [0.5, 0.6) is 0 Å². The van der Waals surface area contributed by atoms with Crippen LogP contribution < -0.4 is 4.90 Å². The lowest BCUT2D eigenvalue weighted by Crippen LogP contribution is -2.43. The number of anilines is 1. The van der Waals surface area contributed by atoms with Gasteiger partial charge in [-0.25, -0.2) is 0 Å². The lowest BCUT2D eigenvalue weighted by Gasteiger charge is -2.34. The molecule has 1 aromatic rings. The Hall–Kier alpha value is -1.06. The summed E-state index contributed by atoms with van der Waals surface area (Å²) in [6.07, 6.45) is -0.119. The maximum Gasteiger partial charge on any atom is 0.128 e. The van der Waals surface area contributed by atoms with Crippen molar-refractivity contribution in [2.75, 3.05) is 4.90 Å². The number of aliphatic hydroxyl groups excluding tert-OH is 2. The van der Waals surface area contributed by atoms with Crippen molar-refractivity contribution in [3.8, 4) is 0 Å². The third-order valence-electron chi connectivity index (χ3n) is 2.88. The number of rotatable bonds is 5. The van der Waals surface area contributed by atoms with Crippen molar-refractivity contribution < 1.29 is 10.2 Å². The minimum atomic E-state index is -0.647. The van der Waals surface area contributed by atoms with E-state index in [9.17, 15) is 10.2 Å². The van der Waals surface area contributed by atoms with Crippen LogP contribution in [0.2, 0.25) is 0 Å². The molecule has 0 saturated heterocycles. The first-order valence-corrected chi connectivity index (χ1v) is 6.22. The molecule has 0 bridgehead atoms. The number of benzene rings is 1. The molecule has 0 aliphatic heterocycles. The molecule has 0 heterocycles. The van der Waals surface area contributed by atoms with Gasteiger partial charge in [0.15, 0.2) is 0 Å². The van der Waals surface area contributed by atoms with E-state index in [1.54, 1.807) is 4.90 Å². The highest BCUT2D eigenvalue weighted by Gasteiger charge is 2.21. The molecule has 0 aliphatic carbocycles. The smallest absolute Gasteiger partial charge is 0.128 e. The molecule has 0 spiro atoms. The molecule has 1 aromatic carbocycles. The Labute approximate surface area is 104 Å². The second-order valence-corrected chi connectivity index (χ2v) is 4.53. The van der Waals surface area contributed by atoms with Gasteiger partial charge in [0, 0.05) is 5.69 Å². The monoisotopic (exact) mass is 237 g/mol. The molecule has 0 aromatic heterocycles. The van der Waals surface area contributed by atoms with E-state index < -0.39 is 12.5 Å². The quantitative estimate of drug-likeness (QED) is 0.774. The molecular weight excluding hydrogens is 214 g/mol. The number of hydrogen-bond donors (Lipinski definition) is 2. The first-order valence-electron chi connectivity index (χ1n) is 6.22. The summed E-state index contributed by atoms with van der Waals surface area (Å²) in [6, 6.07) is 6.06. The topological polar surface area (TPSA) is 43.7 Å². The third-order valence-corrected chi connectivity index (χ3v) is 2.88. The Morgan fingerprint density at radius 3 is 1.71 bits per heavy atom. The van der Waals surface area contributed by atoms with Gasteiger partial charge in [0.05, 0.1) is 0 Å². The molecule has 0 saturated carbocycles. The van der Waals surface area contributed by atoms with Crippen molar-refractivity contribution in [1.29, 1.82) is 0 Å². The zero-order valence-corrected chi connectivity index (χ0v) is 11.1. The van der Waals surface area contributed by atoms with Gasteiger partial charge in [-0.15, -0.1) is 0 Å². The van der Waals surface area contributed by atoms with E-state index >= 15 is 0 Å². The van der Waals surface area contributed by atoms with Crippen LogP contribution >= 0.6 is 0 Å². The van der Waals surface area contributed by atoms with Crippen LogP contribution in [-0.2, 0) is 0 Å². The average Bonchev–Trinajstić information content (AvgIpc) is 2.27. The number of aliphatic hydroxyl groups is 2. The lowest BCUT2D eigenvalue weighted by atomic mass is 10.1. The van der Waals surface area contributed by atoms with Gasteiger partial charge in [0.1, 0.15) is 12.5 Å². The Morgan fingerprint density at radius 1 is 0.941 bits per heavy atom. The van der Waals surface area contributed by atoms with Crippen LogP contribution in [-0.4, -0.2) is 22.7 Å². The summed E-state index contributed by atoms with van der Waals surface area (Å²) >= 11 is 0. The number of nitrogens with zero attached hydrogens (tertiary/aromatic N) is 1. The maximum absolute atomic E-state index is 10.0. The Bertz CT molecular complexity index is 335. The Kier molecular flexibility index (Phi) is 4.97. The van der Waals surface area contributed by atoms with Gasteiger partial charge >= 0.3 is 0 Å². The molecule has 17 heavy (non-hydrogen) atoms. The highest BCUT2D eigenvalue weighted by atomic mass is 16.3. The molecule has 3 nitrogen and oxygen atoms in total. The SMILES string of the molecule is CCC(O)N(c1cc(C)cc(C)c1)C(O)CC. The van der Waals surface area contributed by atoms with Crippen molar-refractivity contribution in [3.05, 3.63) is 29.3 Å². The summed E-state index contributed by atoms with van der Waals surface area (Å²) in [5.41, 5.74) is 3.15. The van der Waals surface area contributed by atoms with Crippen LogP contribution in [0.15, 0.2) is 18.2 Å². The van der Waals surface area contributed by atoms with E-state index in [0.29, 0.717) is 12.8 Å². The molecule has 2 atom stereocenters. The highest BCUT2D eigenvalue weighted by Crippen LogP contribution is 2.24. The summed E-state index contributed by atoms with van der Waals surface area (Å²) in [5.74, 6) is 0. The molecule has 3 heteroatoms. The van der Waals surface area contributed by atoms with E-state index in [2.05, 4.69) is 6.07 Å². The highest BCUT2D eigenvalue weighted by molar-refractivity contribution is 5.51. The van der Waals surface area contributed by atoms with Crippen LogP contribution in [0.1, 0.15) is 37.8 Å². The van der Waals surface area contributed by atoms with Gasteiger partial charge in [0.2, 0.25) is 0 Å². The van der Waals surface area contributed by atoms with Crippen LogP contribution in [0.3, 0.4) is 0 Å². The molecule has 0 fully saturated rings. The molecule has 2 N–H and O–H groups in total. The summed E-state index contributed by atoms with van der Waals surface area (Å²) in [4.78, 5) is 1.68. The largest absolute Gasteiger partial charge is 0.374 e. The van der Waals surface area contributed by atoms with Gasteiger partial charge in [-0.1, -0.05) is 19.9 Å². The van der Waals surface area contributed by atoms with E-state index in [4.69, 9.17) is 0 Å². The molecule has 0 radical (unpaired) electrons. The summed E-state index contributed by atoms with van der Waals surface area (Å²) in [5, 5.41) is 20.0. The van der Waals surface area contributed by atoms with Crippen LogP contribution in [0.4, 0.5) is 5.69 Å². The van der Waals surface area contributed by atoms with Gasteiger partial charge in [-0.05, 0) is 49.9 Å². The number of aryl methyl sites for hydroxylation is 2. The second kappa shape index (κ2) is 6.03. The van der Waals surface area contributed by atoms with Gasteiger partial charge in [-0.3, -0.25) is 0 Å². The predicted molar refractivity (Wildman–Crippen MR) is 71.0 cm³/mol. The van der Waals surface area contributed by atoms with Gasteiger partial charge < -0.3 is 15.1 Å². The first kappa shape index (κ1) is 14.0. The lowest BCUT2D eigenvalue weighted by molar-refractivity contribution is 0.0798. The second-order valence-electron chi connectivity index (χ2n) is 4.53. The van der Waals surface area contributed by atoms with E-state index in [1.807, 2.05) is 39.8 Å². The normalized spacial score (nSPS) is 14.5. The van der Waals surface area contributed by atoms with E-state index in [0.717, 1.165) is 16.8 Å². The van der Waals surface area contributed by atoms with Crippen LogP contribution in [0.25, 0.3) is 0 Å². The molecule has 96 valence electrons. The summed E-state index contributed by atoms with van der Waals surface area (Å²) in [6.45, 7) is 7.85. The van der Waals surface area contributed by atoms with Crippen molar-refractivity contribution in [2.24, 2.45) is 0 Å². The fourth-order valence-corrected chi connectivity index (χ4v) is 2.04. The predicted octanol–water partition coefficient (Wildman–Crippen LogP) is 2.57. The van der Waals surface area contributed by atoms with E-state index in [1.165, 1.54) is 0 Å². The average molecular weight is 237 g/mol. The van der Waals surface area contributed by atoms with Crippen molar-refractivity contribution in [3.63, 3.8) is 0 Å². The molecule has 1 rings (SSSR count). The zero-order valence-electron chi connectivity index (χ0n) is 11.1.